The lowest BCUT2D eigenvalue weighted by Crippen LogP contribution is -2.43. The third-order valence-corrected chi connectivity index (χ3v) is 5.20. The number of halogens is 2. The Morgan fingerprint density at radius 2 is 1.90 bits per heavy atom. The Kier molecular flexibility index (Phi) is 7.02. The summed E-state index contributed by atoms with van der Waals surface area (Å²) in [6.07, 6.45) is 0.779. The summed E-state index contributed by atoms with van der Waals surface area (Å²) in [6.45, 7) is 8.19. The number of anilines is 1. The number of carbonyl (C=O) groups is 1. The number of hydrogen-bond donors (Lipinski definition) is 0. The van der Waals surface area contributed by atoms with Gasteiger partial charge in [-0.1, -0.05) is 13.8 Å². The van der Waals surface area contributed by atoms with E-state index in [1.54, 1.807) is 7.11 Å². The van der Waals surface area contributed by atoms with Gasteiger partial charge in [-0.2, -0.15) is 0 Å². The van der Waals surface area contributed by atoms with Crippen LogP contribution >= 0.6 is 0 Å². The Bertz CT molecular complexity index is 909. The zero-order valence-corrected chi connectivity index (χ0v) is 17.8. The molecule has 1 aromatic carbocycles. The van der Waals surface area contributed by atoms with Crippen LogP contribution in [0.15, 0.2) is 12.1 Å². The minimum Gasteiger partial charge on any atom is -0.473 e. The molecule has 0 radical (unpaired) electrons. The highest BCUT2D eigenvalue weighted by molar-refractivity contribution is 5.79. The van der Waals surface area contributed by atoms with Crippen molar-refractivity contribution in [1.82, 2.24) is 14.9 Å². The molecule has 1 aliphatic rings. The number of aromatic nitrogens is 2. The molecule has 2 heterocycles. The second-order valence-electron chi connectivity index (χ2n) is 7.62. The zero-order valence-electron chi connectivity index (χ0n) is 17.8. The molecular weight excluding hydrogens is 394 g/mol. The van der Waals surface area contributed by atoms with Crippen molar-refractivity contribution in [3.8, 4) is 5.88 Å². The molecule has 1 atom stereocenters. The molecule has 7 nitrogen and oxygen atoms in total. The molecule has 0 spiro atoms. The Morgan fingerprint density at radius 3 is 2.50 bits per heavy atom. The third kappa shape index (κ3) is 4.61. The summed E-state index contributed by atoms with van der Waals surface area (Å²) in [6, 6.07) is 2.09. The number of benzene rings is 1. The van der Waals surface area contributed by atoms with E-state index in [1.165, 1.54) is 0 Å². The third-order valence-electron chi connectivity index (χ3n) is 5.20. The lowest BCUT2D eigenvalue weighted by Gasteiger charge is -2.29. The van der Waals surface area contributed by atoms with Crippen LogP contribution in [0.4, 0.5) is 14.6 Å². The number of rotatable bonds is 8. The molecule has 1 fully saturated rings. The van der Waals surface area contributed by atoms with E-state index >= 15 is 0 Å². The number of nitrogens with zero attached hydrogens (tertiary/aromatic N) is 4. The van der Waals surface area contributed by atoms with Gasteiger partial charge in [0.1, 0.15) is 6.61 Å². The van der Waals surface area contributed by atoms with E-state index < -0.39 is 11.6 Å². The van der Waals surface area contributed by atoms with Gasteiger partial charge in [-0.25, -0.2) is 18.7 Å². The van der Waals surface area contributed by atoms with E-state index in [0.29, 0.717) is 32.1 Å². The van der Waals surface area contributed by atoms with Crippen LogP contribution in [0.5, 0.6) is 5.88 Å². The first-order chi connectivity index (χ1) is 14.3. The normalized spacial score (nSPS) is 16.5. The first-order valence-electron chi connectivity index (χ1n) is 10.2. The number of amides is 1. The van der Waals surface area contributed by atoms with Crippen molar-refractivity contribution in [2.75, 3.05) is 44.9 Å². The summed E-state index contributed by atoms with van der Waals surface area (Å²) >= 11 is 0. The molecule has 1 amide bonds. The van der Waals surface area contributed by atoms with Crippen LogP contribution in [0.1, 0.15) is 27.2 Å². The van der Waals surface area contributed by atoms with E-state index in [0.717, 1.165) is 18.6 Å². The van der Waals surface area contributed by atoms with Crippen molar-refractivity contribution in [1.29, 1.82) is 0 Å². The van der Waals surface area contributed by atoms with E-state index in [9.17, 15) is 13.6 Å². The first kappa shape index (κ1) is 22.1. The van der Waals surface area contributed by atoms with Crippen molar-refractivity contribution in [3.05, 3.63) is 23.8 Å². The Labute approximate surface area is 175 Å². The van der Waals surface area contributed by atoms with Crippen molar-refractivity contribution >= 4 is 22.8 Å². The molecule has 3 rings (SSSR count). The SMILES string of the molecule is CCN(C(=O)C(C)C)[C@H]1CCN(c2nc3cc(F)c(F)cc3nc2OCCOC)C1. The number of carbonyl (C=O) groups excluding carboxylic acids is 1. The van der Waals surface area contributed by atoms with Crippen LogP contribution in [-0.4, -0.2) is 66.8 Å². The summed E-state index contributed by atoms with van der Waals surface area (Å²) in [5, 5.41) is 0. The molecule has 164 valence electrons. The van der Waals surface area contributed by atoms with E-state index in [4.69, 9.17) is 9.47 Å². The van der Waals surface area contributed by atoms with Crippen LogP contribution in [-0.2, 0) is 9.53 Å². The summed E-state index contributed by atoms with van der Waals surface area (Å²) < 4.78 is 38.2. The predicted octanol–water partition coefficient (Wildman–Crippen LogP) is 3.02. The van der Waals surface area contributed by atoms with E-state index in [-0.39, 0.29) is 41.4 Å². The molecule has 9 heteroatoms. The smallest absolute Gasteiger partial charge is 0.258 e. The standard InChI is InChI=1S/C21H28F2N4O3/c1-5-27(21(28)13(2)3)14-6-7-26(12-14)19-20(30-9-8-29-4)25-18-11-16(23)15(22)10-17(18)24-19/h10-11,13-14H,5-9,12H2,1-4H3/t14-/m0/s1. The van der Waals surface area contributed by atoms with Crippen molar-refractivity contribution < 1.29 is 23.0 Å². The average molecular weight is 422 g/mol. The Balaban J connectivity index is 1.92. The summed E-state index contributed by atoms with van der Waals surface area (Å²) in [5.41, 5.74) is 0.461. The second-order valence-corrected chi connectivity index (χ2v) is 7.62. The highest BCUT2D eigenvalue weighted by Gasteiger charge is 2.33. The Hall–Kier alpha value is -2.55. The minimum atomic E-state index is -0.987. The van der Waals surface area contributed by atoms with Gasteiger partial charge in [0.2, 0.25) is 5.91 Å². The van der Waals surface area contributed by atoms with Crippen molar-refractivity contribution in [3.63, 3.8) is 0 Å². The predicted molar refractivity (Wildman–Crippen MR) is 110 cm³/mol. The minimum absolute atomic E-state index is 0.0409. The van der Waals surface area contributed by atoms with Crippen LogP contribution < -0.4 is 9.64 Å². The fourth-order valence-electron chi connectivity index (χ4n) is 3.66. The van der Waals surface area contributed by atoms with E-state index in [1.807, 2.05) is 30.6 Å². The average Bonchev–Trinajstić information content (AvgIpc) is 3.19. The molecule has 1 aliphatic heterocycles. The molecule has 1 aromatic heterocycles. The summed E-state index contributed by atoms with van der Waals surface area (Å²) in [7, 11) is 1.56. The zero-order chi connectivity index (χ0) is 21.8. The molecular formula is C21H28F2N4O3. The van der Waals surface area contributed by atoms with Gasteiger partial charge >= 0.3 is 0 Å². The van der Waals surface area contributed by atoms with Gasteiger partial charge in [-0.05, 0) is 13.3 Å². The maximum absolute atomic E-state index is 13.7. The van der Waals surface area contributed by atoms with Gasteiger partial charge in [0.05, 0.1) is 23.7 Å². The molecule has 0 bridgehead atoms. The van der Waals surface area contributed by atoms with Gasteiger partial charge in [0.15, 0.2) is 17.5 Å². The number of methoxy groups -OCH3 is 1. The number of hydrogen-bond acceptors (Lipinski definition) is 6. The largest absolute Gasteiger partial charge is 0.473 e. The van der Waals surface area contributed by atoms with Crippen LogP contribution in [0.3, 0.4) is 0 Å². The maximum atomic E-state index is 13.7. The number of ether oxygens (including phenoxy) is 2. The van der Waals surface area contributed by atoms with Gasteiger partial charge in [0, 0.05) is 44.8 Å². The lowest BCUT2D eigenvalue weighted by molar-refractivity contribution is -0.136. The number of likely N-dealkylation sites (N-methyl/N-ethyl adjacent to an activating group) is 1. The molecule has 2 aromatic rings. The van der Waals surface area contributed by atoms with Crippen LogP contribution in [0.2, 0.25) is 0 Å². The molecule has 1 saturated heterocycles. The highest BCUT2D eigenvalue weighted by Crippen LogP contribution is 2.31. The fraction of sp³-hybridized carbons (Fsp3) is 0.571. The summed E-state index contributed by atoms with van der Waals surface area (Å²) in [4.78, 5) is 25.3. The van der Waals surface area contributed by atoms with Crippen molar-refractivity contribution in [2.24, 2.45) is 5.92 Å². The van der Waals surface area contributed by atoms with Crippen LogP contribution in [0.25, 0.3) is 11.0 Å². The van der Waals surface area contributed by atoms with Gasteiger partial charge < -0.3 is 19.3 Å². The second kappa shape index (κ2) is 9.51. The van der Waals surface area contributed by atoms with Crippen LogP contribution in [0, 0.1) is 17.6 Å². The monoisotopic (exact) mass is 422 g/mol. The lowest BCUT2D eigenvalue weighted by atomic mass is 10.1. The van der Waals surface area contributed by atoms with Crippen molar-refractivity contribution in [2.45, 2.75) is 33.2 Å². The summed E-state index contributed by atoms with van der Waals surface area (Å²) in [5.74, 6) is -1.23. The molecule has 0 N–H and O–H groups in total. The highest BCUT2D eigenvalue weighted by atomic mass is 19.2. The molecule has 30 heavy (non-hydrogen) atoms. The molecule has 0 saturated carbocycles. The quantitative estimate of drug-likeness (QED) is 0.610. The molecule has 0 unspecified atom stereocenters. The Morgan fingerprint density at radius 1 is 1.23 bits per heavy atom. The first-order valence-corrected chi connectivity index (χ1v) is 10.2. The maximum Gasteiger partial charge on any atom is 0.258 e. The van der Waals surface area contributed by atoms with E-state index in [2.05, 4.69) is 9.97 Å². The van der Waals surface area contributed by atoms with Gasteiger partial charge in [-0.3, -0.25) is 4.79 Å². The molecule has 0 aliphatic carbocycles. The fourth-order valence-corrected chi connectivity index (χ4v) is 3.66. The number of fused-ring (bicyclic) bond motifs is 1. The van der Waals surface area contributed by atoms with Gasteiger partial charge in [0.25, 0.3) is 5.88 Å². The van der Waals surface area contributed by atoms with Gasteiger partial charge in [-0.15, -0.1) is 0 Å². The topological polar surface area (TPSA) is 67.8 Å².